The summed E-state index contributed by atoms with van der Waals surface area (Å²) in [7, 11) is 0. The van der Waals surface area contributed by atoms with Crippen LogP contribution in [0.5, 0.6) is 0 Å². The minimum Gasteiger partial charge on any atom is -0.338 e. The predicted molar refractivity (Wildman–Crippen MR) is 71.5 cm³/mol. The van der Waals surface area contributed by atoms with Gasteiger partial charge < -0.3 is 4.90 Å². The second-order valence-corrected chi connectivity index (χ2v) is 5.53. The smallest absolute Gasteiger partial charge is 0.263 e. The van der Waals surface area contributed by atoms with E-state index >= 15 is 0 Å². The van der Waals surface area contributed by atoms with Crippen molar-refractivity contribution in [2.75, 3.05) is 13.1 Å². The Bertz CT molecular complexity index is 456. The third-order valence-corrected chi connectivity index (χ3v) is 4.11. The average molecular weight is 264 g/mol. The maximum atomic E-state index is 12.3. The van der Waals surface area contributed by atoms with Gasteiger partial charge >= 0.3 is 0 Å². The lowest BCUT2D eigenvalue weighted by molar-refractivity contribution is 0.0766. The van der Waals surface area contributed by atoms with E-state index in [1.807, 2.05) is 17.0 Å². The van der Waals surface area contributed by atoms with Crippen LogP contribution < -0.4 is 0 Å². The molecule has 1 aliphatic heterocycles. The van der Waals surface area contributed by atoms with Crippen LogP contribution in [0.25, 0.3) is 10.4 Å². The molecule has 18 heavy (non-hydrogen) atoms. The fraction of sp³-hybridized carbons (Fsp3) is 0.583. The molecule has 96 valence electrons. The van der Waals surface area contributed by atoms with Gasteiger partial charge in [-0.2, -0.15) is 0 Å². The molecule has 0 radical (unpaired) electrons. The fourth-order valence-corrected chi connectivity index (χ4v) is 3.00. The third kappa shape index (κ3) is 3.24. The number of azide groups is 1. The number of amides is 1. The van der Waals surface area contributed by atoms with Crippen molar-refractivity contribution in [1.29, 1.82) is 0 Å². The minimum absolute atomic E-state index is 0.120. The molecule has 2 heterocycles. The van der Waals surface area contributed by atoms with E-state index in [-0.39, 0.29) is 5.91 Å². The molecule has 1 fully saturated rings. The van der Waals surface area contributed by atoms with E-state index in [2.05, 4.69) is 10.0 Å². The van der Waals surface area contributed by atoms with E-state index in [1.165, 1.54) is 24.2 Å². The lowest BCUT2D eigenvalue weighted by Crippen LogP contribution is -2.31. The van der Waals surface area contributed by atoms with Crippen molar-refractivity contribution in [3.8, 4) is 0 Å². The molecule has 0 aliphatic carbocycles. The van der Waals surface area contributed by atoms with E-state index in [9.17, 15) is 4.79 Å². The molecule has 1 amide bonds. The summed E-state index contributed by atoms with van der Waals surface area (Å²) < 4.78 is 0. The van der Waals surface area contributed by atoms with Gasteiger partial charge in [-0.15, -0.1) is 11.3 Å². The van der Waals surface area contributed by atoms with Crippen molar-refractivity contribution >= 4 is 17.2 Å². The zero-order valence-corrected chi connectivity index (χ0v) is 11.0. The van der Waals surface area contributed by atoms with E-state index < -0.39 is 0 Å². The van der Waals surface area contributed by atoms with Gasteiger partial charge in [-0.05, 0) is 30.5 Å². The van der Waals surface area contributed by atoms with Gasteiger partial charge in [0.05, 0.1) is 11.4 Å². The Balaban J connectivity index is 2.03. The molecule has 1 aromatic rings. The van der Waals surface area contributed by atoms with Crippen molar-refractivity contribution in [1.82, 2.24) is 4.90 Å². The summed E-state index contributed by atoms with van der Waals surface area (Å²) in [6, 6.07) is 3.70. The maximum absolute atomic E-state index is 12.3. The van der Waals surface area contributed by atoms with Gasteiger partial charge in [0.1, 0.15) is 0 Å². The minimum atomic E-state index is 0.120. The summed E-state index contributed by atoms with van der Waals surface area (Å²) in [6.45, 7) is 2.05. The number of carbonyl (C=O) groups is 1. The maximum Gasteiger partial charge on any atom is 0.263 e. The molecule has 0 spiro atoms. The van der Waals surface area contributed by atoms with Gasteiger partial charge in [-0.25, -0.2) is 0 Å². The molecule has 1 aliphatic rings. The predicted octanol–water partition coefficient (Wildman–Crippen LogP) is 3.57. The highest BCUT2D eigenvalue weighted by molar-refractivity contribution is 7.14. The Morgan fingerprint density at radius 1 is 1.33 bits per heavy atom. The molecule has 1 saturated heterocycles. The van der Waals surface area contributed by atoms with Gasteiger partial charge in [0.25, 0.3) is 5.91 Å². The van der Waals surface area contributed by atoms with E-state index in [0.29, 0.717) is 6.54 Å². The van der Waals surface area contributed by atoms with Crippen molar-refractivity contribution in [2.24, 2.45) is 5.11 Å². The van der Waals surface area contributed by atoms with Crippen LogP contribution in [0.4, 0.5) is 0 Å². The molecule has 6 heteroatoms. The standard InChI is InChI=1S/C12H16N4OS/c13-15-14-9-10-5-6-11(18-10)12(17)16-7-3-1-2-4-8-16/h5-6H,1-4,7-9H2. The normalized spacial score (nSPS) is 15.9. The quantitative estimate of drug-likeness (QED) is 0.467. The van der Waals surface area contributed by atoms with Crippen molar-refractivity contribution in [3.05, 3.63) is 32.3 Å². The number of rotatable bonds is 3. The molecule has 0 N–H and O–H groups in total. The molecule has 0 saturated carbocycles. The Kier molecular flexibility index (Phi) is 4.61. The Labute approximate surface area is 110 Å². The summed E-state index contributed by atoms with van der Waals surface area (Å²) in [5.41, 5.74) is 8.27. The van der Waals surface area contributed by atoms with Crippen LogP contribution in [0.15, 0.2) is 17.2 Å². The molecular weight excluding hydrogens is 248 g/mol. The number of likely N-dealkylation sites (tertiary alicyclic amines) is 1. The monoisotopic (exact) mass is 264 g/mol. The zero-order valence-electron chi connectivity index (χ0n) is 10.2. The molecule has 0 atom stereocenters. The van der Waals surface area contributed by atoms with Crippen LogP contribution in [-0.2, 0) is 6.54 Å². The second-order valence-electron chi connectivity index (χ2n) is 4.36. The first-order valence-corrected chi connectivity index (χ1v) is 7.02. The summed E-state index contributed by atoms with van der Waals surface area (Å²) in [5, 5.41) is 3.51. The third-order valence-electron chi connectivity index (χ3n) is 3.06. The topological polar surface area (TPSA) is 69.1 Å². The fourth-order valence-electron chi connectivity index (χ4n) is 2.11. The van der Waals surface area contributed by atoms with Gasteiger partial charge in [0.15, 0.2) is 0 Å². The zero-order chi connectivity index (χ0) is 12.8. The Morgan fingerprint density at radius 3 is 2.72 bits per heavy atom. The highest BCUT2D eigenvalue weighted by atomic mass is 32.1. The number of hydrogen-bond donors (Lipinski definition) is 0. The van der Waals surface area contributed by atoms with Gasteiger partial charge in [0.2, 0.25) is 0 Å². The van der Waals surface area contributed by atoms with Crippen LogP contribution in [0, 0.1) is 0 Å². The molecule has 0 unspecified atom stereocenters. The van der Waals surface area contributed by atoms with Crippen molar-refractivity contribution in [3.63, 3.8) is 0 Å². The second kappa shape index (κ2) is 6.42. The van der Waals surface area contributed by atoms with Crippen molar-refractivity contribution in [2.45, 2.75) is 32.2 Å². The van der Waals surface area contributed by atoms with Crippen LogP contribution in [0.3, 0.4) is 0 Å². The van der Waals surface area contributed by atoms with Crippen LogP contribution in [0.1, 0.15) is 40.2 Å². The first-order chi connectivity index (χ1) is 8.81. The lowest BCUT2D eigenvalue weighted by Gasteiger charge is -2.19. The molecule has 2 rings (SSSR count). The van der Waals surface area contributed by atoms with Crippen molar-refractivity contribution < 1.29 is 4.79 Å². The largest absolute Gasteiger partial charge is 0.338 e. The summed E-state index contributed by atoms with van der Waals surface area (Å²) in [4.78, 5) is 18.6. The van der Waals surface area contributed by atoms with E-state index in [1.54, 1.807) is 0 Å². The van der Waals surface area contributed by atoms with Crippen LogP contribution in [0.2, 0.25) is 0 Å². The SMILES string of the molecule is [N-]=[N+]=NCc1ccc(C(=O)N2CCCCCC2)s1. The first-order valence-electron chi connectivity index (χ1n) is 6.20. The van der Waals surface area contributed by atoms with Gasteiger partial charge in [-0.3, -0.25) is 4.79 Å². The average Bonchev–Trinajstić information content (AvgIpc) is 2.69. The van der Waals surface area contributed by atoms with Gasteiger partial charge in [-0.1, -0.05) is 18.0 Å². The van der Waals surface area contributed by atoms with Gasteiger partial charge in [0, 0.05) is 22.9 Å². The Hall–Kier alpha value is -1.52. The highest BCUT2D eigenvalue weighted by Crippen LogP contribution is 2.21. The first kappa shape index (κ1) is 12.9. The summed E-state index contributed by atoms with van der Waals surface area (Å²) in [5.74, 6) is 0.120. The van der Waals surface area contributed by atoms with E-state index in [4.69, 9.17) is 5.53 Å². The number of thiophene rings is 1. The van der Waals surface area contributed by atoms with E-state index in [0.717, 1.165) is 35.7 Å². The number of nitrogens with zero attached hydrogens (tertiary/aromatic N) is 4. The molecule has 0 bridgehead atoms. The number of hydrogen-bond acceptors (Lipinski definition) is 3. The summed E-state index contributed by atoms with van der Waals surface area (Å²) >= 11 is 1.43. The summed E-state index contributed by atoms with van der Waals surface area (Å²) in [6.07, 6.45) is 4.64. The highest BCUT2D eigenvalue weighted by Gasteiger charge is 2.18. The molecule has 1 aromatic heterocycles. The molecular formula is C12H16N4OS. The van der Waals surface area contributed by atoms with Crippen LogP contribution in [-0.4, -0.2) is 23.9 Å². The van der Waals surface area contributed by atoms with Crippen LogP contribution >= 0.6 is 11.3 Å². The molecule has 5 nitrogen and oxygen atoms in total. The Morgan fingerprint density at radius 2 is 2.06 bits per heavy atom. The molecule has 0 aromatic carbocycles. The lowest BCUT2D eigenvalue weighted by atomic mass is 10.2. The number of carbonyl (C=O) groups excluding carboxylic acids is 1.